The Morgan fingerprint density at radius 3 is 2.45 bits per heavy atom. The number of rotatable bonds is 6. The highest BCUT2D eigenvalue weighted by Crippen LogP contribution is 2.13. The molecule has 0 N–H and O–H groups in total. The summed E-state index contributed by atoms with van der Waals surface area (Å²) in [5.41, 5.74) is 2.74. The molecule has 8 nitrogen and oxygen atoms in total. The number of carbonyl (C=O) groups is 1. The van der Waals surface area contributed by atoms with E-state index in [0.717, 1.165) is 36.4 Å². The van der Waals surface area contributed by atoms with Crippen LogP contribution >= 0.6 is 0 Å². The molecule has 1 amide bonds. The van der Waals surface area contributed by atoms with Crippen molar-refractivity contribution in [2.24, 2.45) is 0 Å². The van der Waals surface area contributed by atoms with Gasteiger partial charge in [0.05, 0.1) is 17.7 Å². The van der Waals surface area contributed by atoms with E-state index in [1.54, 1.807) is 10.7 Å². The van der Waals surface area contributed by atoms with Gasteiger partial charge in [0.15, 0.2) is 0 Å². The third-order valence-electron chi connectivity index (χ3n) is 5.50. The molecule has 4 rings (SSSR count). The third-order valence-corrected chi connectivity index (χ3v) is 5.50. The fraction of sp³-hybridized carbons (Fsp3) is 0.318. The summed E-state index contributed by atoms with van der Waals surface area (Å²) in [4.78, 5) is 16.8. The Balaban J connectivity index is 1.23. The maximum absolute atomic E-state index is 13.7. The zero-order valence-corrected chi connectivity index (χ0v) is 17.0. The van der Waals surface area contributed by atoms with Crippen molar-refractivity contribution in [1.82, 2.24) is 30.0 Å². The fourth-order valence-electron chi connectivity index (χ4n) is 3.65. The average molecular weight is 419 g/mol. The number of hydrogen-bond donors (Lipinski definition) is 0. The van der Waals surface area contributed by atoms with Crippen LogP contribution < -0.4 is 0 Å². The van der Waals surface area contributed by atoms with Gasteiger partial charge in [0.25, 0.3) is 0 Å². The van der Waals surface area contributed by atoms with Crippen molar-refractivity contribution in [3.8, 4) is 11.8 Å². The number of hydrogen-bond acceptors (Lipinski definition) is 6. The number of carbonyl (C=O) groups excluding carboxylic acids is 1. The number of tetrazole rings is 1. The molecule has 3 aromatic rings. The molecular weight excluding hydrogens is 397 g/mol. The third kappa shape index (κ3) is 5.10. The molecule has 2 heterocycles. The molecule has 0 bridgehead atoms. The van der Waals surface area contributed by atoms with Crippen molar-refractivity contribution in [1.29, 1.82) is 5.26 Å². The normalized spacial score (nSPS) is 14.4. The molecule has 0 saturated carbocycles. The van der Waals surface area contributed by atoms with Gasteiger partial charge in [-0.2, -0.15) is 5.26 Å². The summed E-state index contributed by atoms with van der Waals surface area (Å²) in [5, 5.41) is 19.9. The van der Waals surface area contributed by atoms with Crippen LogP contribution in [0.4, 0.5) is 4.39 Å². The summed E-state index contributed by atoms with van der Waals surface area (Å²) in [5.74, 6) is -0.356. The monoisotopic (exact) mass is 419 g/mol. The van der Waals surface area contributed by atoms with Gasteiger partial charge in [-0.3, -0.25) is 9.69 Å². The maximum atomic E-state index is 13.7. The molecule has 0 aliphatic carbocycles. The fourth-order valence-corrected chi connectivity index (χ4v) is 3.65. The zero-order chi connectivity index (χ0) is 21.6. The van der Waals surface area contributed by atoms with Crippen molar-refractivity contribution in [3.05, 3.63) is 71.3 Å². The first-order chi connectivity index (χ1) is 15.1. The molecule has 1 aliphatic heterocycles. The number of benzene rings is 2. The van der Waals surface area contributed by atoms with E-state index >= 15 is 0 Å². The van der Waals surface area contributed by atoms with Crippen LogP contribution in [0.25, 0.3) is 5.69 Å². The van der Waals surface area contributed by atoms with Gasteiger partial charge in [-0.05, 0) is 52.2 Å². The van der Waals surface area contributed by atoms with Crippen LogP contribution in [-0.2, 0) is 17.6 Å². The Bertz CT molecular complexity index is 1070. The minimum atomic E-state index is -0.471. The topological polar surface area (TPSA) is 90.9 Å². The Morgan fingerprint density at radius 2 is 1.81 bits per heavy atom. The highest BCUT2D eigenvalue weighted by atomic mass is 19.1. The van der Waals surface area contributed by atoms with E-state index in [4.69, 9.17) is 5.26 Å². The molecule has 1 fully saturated rings. The van der Waals surface area contributed by atoms with E-state index < -0.39 is 5.82 Å². The summed E-state index contributed by atoms with van der Waals surface area (Å²) in [7, 11) is 0. The minimum Gasteiger partial charge on any atom is -0.340 e. The van der Waals surface area contributed by atoms with Crippen molar-refractivity contribution in [2.45, 2.75) is 12.8 Å². The molecule has 1 aliphatic rings. The van der Waals surface area contributed by atoms with E-state index in [1.807, 2.05) is 35.2 Å². The van der Waals surface area contributed by atoms with Gasteiger partial charge in [-0.25, -0.2) is 9.07 Å². The van der Waals surface area contributed by atoms with E-state index in [2.05, 4.69) is 20.4 Å². The molecule has 31 heavy (non-hydrogen) atoms. The molecule has 9 heteroatoms. The average Bonchev–Trinajstić information content (AvgIpc) is 3.33. The summed E-state index contributed by atoms with van der Waals surface area (Å²) in [6.45, 7) is 3.75. The molecule has 0 atom stereocenters. The number of piperazine rings is 1. The molecule has 2 aromatic carbocycles. The van der Waals surface area contributed by atoms with Gasteiger partial charge in [-0.1, -0.05) is 18.2 Å². The standard InChI is InChI=1S/C22H22FN7O/c23-21-13-18(1-4-19(21)15-24)7-8-28-9-11-29(12-10-28)22(31)14-17-2-5-20(6-3-17)30-16-25-26-27-30/h1-6,13,16H,7-12,14H2. The second-order valence-electron chi connectivity index (χ2n) is 7.50. The first-order valence-electron chi connectivity index (χ1n) is 10.1. The molecule has 158 valence electrons. The van der Waals surface area contributed by atoms with Gasteiger partial charge >= 0.3 is 0 Å². The van der Waals surface area contributed by atoms with Gasteiger partial charge in [-0.15, -0.1) is 5.10 Å². The lowest BCUT2D eigenvalue weighted by Gasteiger charge is -2.34. The van der Waals surface area contributed by atoms with Gasteiger partial charge in [0.2, 0.25) is 5.91 Å². The Morgan fingerprint density at radius 1 is 1.06 bits per heavy atom. The lowest BCUT2D eigenvalue weighted by molar-refractivity contribution is -0.132. The first kappa shape index (κ1) is 20.6. The summed E-state index contributed by atoms with van der Waals surface area (Å²) < 4.78 is 15.3. The quantitative estimate of drug-likeness (QED) is 0.603. The van der Waals surface area contributed by atoms with Crippen LogP contribution in [0.5, 0.6) is 0 Å². The van der Waals surface area contributed by atoms with E-state index in [-0.39, 0.29) is 11.5 Å². The molecule has 0 unspecified atom stereocenters. The van der Waals surface area contributed by atoms with Gasteiger partial charge < -0.3 is 4.90 Å². The predicted octanol–water partition coefficient (Wildman–Crippen LogP) is 1.60. The number of amides is 1. The summed E-state index contributed by atoms with van der Waals surface area (Å²) in [6, 6.07) is 14.2. The molecular formula is C22H22FN7O. The van der Waals surface area contributed by atoms with Crippen molar-refractivity contribution in [3.63, 3.8) is 0 Å². The van der Waals surface area contributed by atoms with E-state index in [0.29, 0.717) is 25.9 Å². The van der Waals surface area contributed by atoms with Crippen molar-refractivity contribution >= 4 is 5.91 Å². The smallest absolute Gasteiger partial charge is 0.227 e. The van der Waals surface area contributed by atoms with Crippen LogP contribution in [0.1, 0.15) is 16.7 Å². The minimum absolute atomic E-state index is 0.0703. The van der Waals surface area contributed by atoms with Crippen LogP contribution in [0.15, 0.2) is 48.8 Å². The SMILES string of the molecule is N#Cc1ccc(CCN2CCN(C(=O)Cc3ccc(-n4cnnn4)cc3)CC2)cc1F. The van der Waals surface area contributed by atoms with Crippen LogP contribution in [0.2, 0.25) is 0 Å². The molecule has 1 saturated heterocycles. The maximum Gasteiger partial charge on any atom is 0.227 e. The number of halogens is 1. The zero-order valence-electron chi connectivity index (χ0n) is 17.0. The first-order valence-corrected chi connectivity index (χ1v) is 10.1. The van der Waals surface area contributed by atoms with Gasteiger partial charge in [0, 0.05) is 32.7 Å². The molecule has 0 radical (unpaired) electrons. The highest BCUT2D eigenvalue weighted by molar-refractivity contribution is 5.79. The lowest BCUT2D eigenvalue weighted by atomic mass is 10.1. The molecule has 1 aromatic heterocycles. The van der Waals surface area contributed by atoms with Crippen LogP contribution in [0, 0.1) is 17.1 Å². The Hall–Kier alpha value is -3.64. The Labute approximate surface area is 179 Å². The van der Waals surface area contributed by atoms with Gasteiger partial charge in [0.1, 0.15) is 18.2 Å². The lowest BCUT2D eigenvalue weighted by Crippen LogP contribution is -2.49. The van der Waals surface area contributed by atoms with Crippen molar-refractivity contribution < 1.29 is 9.18 Å². The predicted molar refractivity (Wildman–Crippen MR) is 111 cm³/mol. The summed E-state index contributed by atoms with van der Waals surface area (Å²) >= 11 is 0. The van der Waals surface area contributed by atoms with Crippen LogP contribution in [-0.4, -0.2) is 68.6 Å². The molecule has 0 spiro atoms. The van der Waals surface area contributed by atoms with E-state index in [9.17, 15) is 9.18 Å². The van der Waals surface area contributed by atoms with E-state index in [1.165, 1.54) is 18.5 Å². The Kier molecular flexibility index (Phi) is 6.29. The second-order valence-corrected chi connectivity index (χ2v) is 7.50. The summed E-state index contributed by atoms with van der Waals surface area (Å²) in [6.07, 6.45) is 2.60. The number of nitrogens with zero attached hydrogens (tertiary/aromatic N) is 7. The highest BCUT2D eigenvalue weighted by Gasteiger charge is 2.21. The number of aromatic nitrogens is 4. The largest absolute Gasteiger partial charge is 0.340 e. The number of nitriles is 1. The van der Waals surface area contributed by atoms with Crippen LogP contribution in [0.3, 0.4) is 0 Å². The van der Waals surface area contributed by atoms with Crippen molar-refractivity contribution in [2.75, 3.05) is 32.7 Å². The second kappa shape index (κ2) is 9.45.